The Morgan fingerprint density at radius 2 is 1.61 bits per heavy atom. The summed E-state index contributed by atoms with van der Waals surface area (Å²) in [6.07, 6.45) is -1.71. The highest BCUT2D eigenvalue weighted by Crippen LogP contribution is 2.44. The number of ether oxygens (including phenoxy) is 1. The minimum absolute atomic E-state index is 0.0375. The summed E-state index contributed by atoms with van der Waals surface area (Å²) in [7, 11) is 0. The molecule has 2 unspecified atom stereocenters. The molecule has 2 amide bonds. The van der Waals surface area contributed by atoms with Crippen molar-refractivity contribution in [2.75, 3.05) is 19.7 Å². The fraction of sp³-hybridized carbons (Fsp3) is 0.400. The molecule has 2 aromatic rings. The van der Waals surface area contributed by atoms with E-state index < -0.39 is 29.5 Å². The number of aliphatic hydroxyl groups excluding tert-OH is 1. The van der Waals surface area contributed by atoms with E-state index in [4.69, 9.17) is 4.74 Å². The summed E-state index contributed by atoms with van der Waals surface area (Å²) in [4.78, 5) is 35.5. The Morgan fingerprint density at radius 1 is 1.03 bits per heavy atom. The second-order valence-electron chi connectivity index (χ2n) is 8.56. The van der Waals surface area contributed by atoms with Gasteiger partial charge in [-0.2, -0.15) is 0 Å². The van der Waals surface area contributed by atoms with Gasteiger partial charge >= 0.3 is 12.1 Å². The molecule has 2 aromatic carbocycles. The Bertz CT molecular complexity index is 978. The molecule has 33 heavy (non-hydrogen) atoms. The van der Waals surface area contributed by atoms with Gasteiger partial charge in [0.15, 0.2) is 0 Å². The number of hydrogen-bond acceptors (Lipinski definition) is 5. The zero-order valence-corrected chi connectivity index (χ0v) is 18.8. The third-order valence-corrected chi connectivity index (χ3v) is 6.22. The summed E-state index contributed by atoms with van der Waals surface area (Å²) < 4.78 is 5.40. The van der Waals surface area contributed by atoms with Gasteiger partial charge in [-0.1, -0.05) is 55.5 Å². The first-order valence-electron chi connectivity index (χ1n) is 11.0. The zero-order chi connectivity index (χ0) is 24.0. The van der Waals surface area contributed by atoms with Crippen LogP contribution in [-0.2, 0) is 14.3 Å². The third kappa shape index (κ3) is 5.70. The van der Waals surface area contributed by atoms with E-state index in [0.29, 0.717) is 6.42 Å². The highest BCUT2D eigenvalue weighted by atomic mass is 16.5. The molecule has 4 N–H and O–H groups in total. The lowest BCUT2D eigenvalue weighted by Crippen LogP contribution is -2.42. The van der Waals surface area contributed by atoms with Crippen molar-refractivity contribution in [1.82, 2.24) is 10.6 Å². The molecule has 0 saturated carbocycles. The largest absolute Gasteiger partial charge is 0.481 e. The van der Waals surface area contributed by atoms with Crippen LogP contribution in [0.2, 0.25) is 0 Å². The zero-order valence-electron chi connectivity index (χ0n) is 18.8. The molecule has 8 heteroatoms. The molecule has 1 aliphatic carbocycles. The summed E-state index contributed by atoms with van der Waals surface area (Å²) in [6.45, 7) is 3.23. The summed E-state index contributed by atoms with van der Waals surface area (Å²) in [5.74, 6) is -1.55. The Morgan fingerprint density at radius 3 is 2.15 bits per heavy atom. The molecule has 2 atom stereocenters. The number of carboxylic acids is 1. The number of hydrogen-bond donors (Lipinski definition) is 4. The van der Waals surface area contributed by atoms with Gasteiger partial charge in [0.2, 0.25) is 5.91 Å². The monoisotopic (exact) mass is 454 g/mol. The van der Waals surface area contributed by atoms with Crippen LogP contribution in [-0.4, -0.2) is 54.0 Å². The topological polar surface area (TPSA) is 125 Å². The van der Waals surface area contributed by atoms with Crippen LogP contribution >= 0.6 is 0 Å². The molecule has 8 nitrogen and oxygen atoms in total. The average Bonchev–Trinajstić information content (AvgIpc) is 3.13. The number of alkyl carbamates (subject to hydrolysis) is 1. The molecule has 0 spiro atoms. The van der Waals surface area contributed by atoms with Gasteiger partial charge in [0.05, 0.1) is 17.9 Å². The molecule has 0 saturated heterocycles. The van der Waals surface area contributed by atoms with Crippen LogP contribution in [0.4, 0.5) is 4.79 Å². The maximum Gasteiger partial charge on any atom is 0.407 e. The lowest BCUT2D eigenvalue weighted by Gasteiger charge is -2.23. The molecule has 0 bridgehead atoms. The Kier molecular flexibility index (Phi) is 7.71. The van der Waals surface area contributed by atoms with Gasteiger partial charge in [-0.25, -0.2) is 4.79 Å². The van der Waals surface area contributed by atoms with Crippen molar-refractivity contribution in [1.29, 1.82) is 0 Å². The van der Waals surface area contributed by atoms with Crippen LogP contribution in [0.3, 0.4) is 0 Å². The van der Waals surface area contributed by atoms with Crippen molar-refractivity contribution in [3.05, 3.63) is 59.7 Å². The van der Waals surface area contributed by atoms with Crippen molar-refractivity contribution < 1.29 is 29.3 Å². The SMILES string of the molecule is CCC(C)(CNC(=O)CC(O)CNC(=O)OCC1c2ccccc2-c2ccccc21)C(=O)O. The molecule has 0 aliphatic heterocycles. The molecular formula is C25H30N2O6. The van der Waals surface area contributed by atoms with Gasteiger partial charge in [-0.3, -0.25) is 9.59 Å². The highest BCUT2D eigenvalue weighted by Gasteiger charge is 2.32. The van der Waals surface area contributed by atoms with Gasteiger partial charge in [0.1, 0.15) is 6.61 Å². The molecule has 1 aliphatic rings. The maximum atomic E-state index is 12.2. The molecule has 0 aromatic heterocycles. The van der Waals surface area contributed by atoms with E-state index in [2.05, 4.69) is 22.8 Å². The van der Waals surface area contributed by atoms with Gasteiger partial charge < -0.3 is 25.6 Å². The lowest BCUT2D eigenvalue weighted by molar-refractivity contribution is -0.148. The van der Waals surface area contributed by atoms with Crippen molar-refractivity contribution in [3.63, 3.8) is 0 Å². The number of aliphatic hydroxyl groups is 1. The van der Waals surface area contributed by atoms with Gasteiger partial charge in [0, 0.05) is 19.0 Å². The number of benzene rings is 2. The molecular weight excluding hydrogens is 424 g/mol. The number of amides is 2. The van der Waals surface area contributed by atoms with Crippen LogP contribution in [0, 0.1) is 5.41 Å². The summed E-state index contributed by atoms with van der Waals surface area (Å²) in [6, 6.07) is 16.0. The predicted octanol–water partition coefficient (Wildman–Crippen LogP) is 2.89. The van der Waals surface area contributed by atoms with Crippen LogP contribution in [0.5, 0.6) is 0 Å². The normalized spacial score (nSPS) is 15.0. The average molecular weight is 455 g/mol. The summed E-state index contributed by atoms with van der Waals surface area (Å²) in [5.41, 5.74) is 3.39. The van der Waals surface area contributed by atoms with Gasteiger partial charge in [0.25, 0.3) is 0 Å². The number of nitrogens with one attached hydrogen (secondary N) is 2. The number of carbonyl (C=O) groups excluding carboxylic acids is 2. The fourth-order valence-electron chi connectivity index (χ4n) is 3.85. The Balaban J connectivity index is 1.45. The van der Waals surface area contributed by atoms with Crippen LogP contribution in [0.1, 0.15) is 43.7 Å². The van der Waals surface area contributed by atoms with E-state index in [9.17, 15) is 24.6 Å². The van der Waals surface area contributed by atoms with Crippen LogP contribution in [0.25, 0.3) is 11.1 Å². The van der Waals surface area contributed by atoms with Crippen molar-refractivity contribution >= 4 is 18.0 Å². The first-order chi connectivity index (χ1) is 15.7. The van der Waals surface area contributed by atoms with Crippen molar-refractivity contribution in [2.45, 2.75) is 38.7 Å². The van der Waals surface area contributed by atoms with E-state index in [1.807, 2.05) is 36.4 Å². The molecule has 0 heterocycles. The van der Waals surface area contributed by atoms with E-state index in [1.54, 1.807) is 13.8 Å². The third-order valence-electron chi connectivity index (χ3n) is 6.22. The number of fused-ring (bicyclic) bond motifs is 3. The first-order valence-corrected chi connectivity index (χ1v) is 11.0. The quantitative estimate of drug-likeness (QED) is 0.438. The van der Waals surface area contributed by atoms with E-state index in [0.717, 1.165) is 22.3 Å². The lowest BCUT2D eigenvalue weighted by atomic mass is 9.87. The number of carbonyl (C=O) groups is 3. The second kappa shape index (κ2) is 10.5. The predicted molar refractivity (Wildman–Crippen MR) is 123 cm³/mol. The van der Waals surface area contributed by atoms with Crippen LogP contribution in [0.15, 0.2) is 48.5 Å². The Hall–Kier alpha value is -3.39. The van der Waals surface area contributed by atoms with Gasteiger partial charge in [-0.05, 0) is 35.6 Å². The van der Waals surface area contributed by atoms with E-state index in [-0.39, 0.29) is 32.0 Å². The maximum absolute atomic E-state index is 12.2. The standard InChI is InChI=1S/C25H30N2O6/c1-3-25(2,23(30)31)15-27-22(29)12-16(28)13-26-24(32)33-14-21-19-10-6-4-8-17(19)18-9-5-7-11-20(18)21/h4-11,16,21,28H,3,12-15H2,1-2H3,(H,26,32)(H,27,29)(H,30,31). The van der Waals surface area contributed by atoms with Crippen molar-refractivity contribution in [2.24, 2.45) is 5.41 Å². The molecule has 0 radical (unpaired) electrons. The Labute approximate surface area is 193 Å². The summed E-state index contributed by atoms with van der Waals surface area (Å²) in [5, 5.41) is 24.3. The van der Waals surface area contributed by atoms with Gasteiger partial charge in [-0.15, -0.1) is 0 Å². The minimum Gasteiger partial charge on any atom is -0.481 e. The number of rotatable bonds is 10. The molecule has 0 fully saturated rings. The fourth-order valence-corrected chi connectivity index (χ4v) is 3.85. The summed E-state index contributed by atoms with van der Waals surface area (Å²) >= 11 is 0. The minimum atomic E-state index is -1.12. The number of aliphatic carboxylic acids is 1. The van der Waals surface area contributed by atoms with Crippen molar-refractivity contribution in [3.8, 4) is 11.1 Å². The second-order valence-corrected chi connectivity index (χ2v) is 8.56. The smallest absolute Gasteiger partial charge is 0.407 e. The van der Waals surface area contributed by atoms with E-state index >= 15 is 0 Å². The van der Waals surface area contributed by atoms with E-state index in [1.165, 1.54) is 0 Å². The molecule has 176 valence electrons. The first kappa shape index (κ1) is 24.3. The van der Waals surface area contributed by atoms with Crippen LogP contribution < -0.4 is 10.6 Å². The number of carboxylic acid groups (broad SMARTS) is 1. The molecule has 3 rings (SSSR count). The highest BCUT2D eigenvalue weighted by molar-refractivity contribution is 5.80.